The minimum absolute atomic E-state index is 0.155. The van der Waals surface area contributed by atoms with Crippen LogP contribution in [0.4, 0.5) is 5.69 Å². The van der Waals surface area contributed by atoms with Crippen molar-refractivity contribution in [2.75, 3.05) is 5.32 Å². The van der Waals surface area contributed by atoms with Gasteiger partial charge in [-0.1, -0.05) is 50.1 Å². The van der Waals surface area contributed by atoms with E-state index in [0.717, 1.165) is 20.4 Å². The van der Waals surface area contributed by atoms with Crippen molar-refractivity contribution in [2.45, 2.75) is 32.9 Å². The van der Waals surface area contributed by atoms with E-state index in [9.17, 15) is 0 Å². The lowest BCUT2D eigenvalue weighted by Crippen LogP contribution is -2.11. The summed E-state index contributed by atoms with van der Waals surface area (Å²) < 4.78 is 8.00. The van der Waals surface area contributed by atoms with Crippen LogP contribution in [0, 0.1) is 0 Å². The number of rotatable bonds is 5. The van der Waals surface area contributed by atoms with E-state index in [2.05, 4.69) is 62.3 Å². The van der Waals surface area contributed by atoms with Gasteiger partial charge < -0.3 is 10.1 Å². The Morgan fingerprint density at radius 3 is 2.38 bits per heavy atom. The first-order chi connectivity index (χ1) is 9.97. The van der Waals surface area contributed by atoms with Gasteiger partial charge in [-0.3, -0.25) is 0 Å². The van der Waals surface area contributed by atoms with Crippen molar-refractivity contribution >= 4 is 37.5 Å². The van der Waals surface area contributed by atoms with Gasteiger partial charge in [-0.05, 0) is 50.6 Å². The summed E-state index contributed by atoms with van der Waals surface area (Å²) in [4.78, 5) is 0. The predicted molar refractivity (Wildman–Crippen MR) is 96.1 cm³/mol. The SMILES string of the molecule is CC(C)Oc1ccccc1NC(C)c1ccc(Br)cc1Br. The van der Waals surface area contributed by atoms with Crippen LogP contribution < -0.4 is 10.1 Å². The van der Waals surface area contributed by atoms with E-state index in [1.165, 1.54) is 5.56 Å². The third-order valence-electron chi connectivity index (χ3n) is 3.05. The lowest BCUT2D eigenvalue weighted by molar-refractivity contribution is 0.243. The Morgan fingerprint density at radius 2 is 1.71 bits per heavy atom. The number of para-hydroxylation sites is 2. The minimum Gasteiger partial charge on any atom is -0.489 e. The number of hydrogen-bond donors (Lipinski definition) is 1. The van der Waals surface area contributed by atoms with Gasteiger partial charge in [0.05, 0.1) is 11.8 Å². The summed E-state index contributed by atoms with van der Waals surface area (Å²) >= 11 is 7.10. The highest BCUT2D eigenvalue weighted by molar-refractivity contribution is 9.11. The smallest absolute Gasteiger partial charge is 0.142 e. The van der Waals surface area contributed by atoms with Crippen molar-refractivity contribution in [3.63, 3.8) is 0 Å². The fourth-order valence-electron chi connectivity index (χ4n) is 2.11. The molecule has 0 aliphatic carbocycles. The van der Waals surface area contributed by atoms with Crippen LogP contribution in [0.5, 0.6) is 5.75 Å². The molecule has 21 heavy (non-hydrogen) atoms. The van der Waals surface area contributed by atoms with E-state index in [4.69, 9.17) is 4.74 Å². The van der Waals surface area contributed by atoms with Gasteiger partial charge in [0.25, 0.3) is 0 Å². The maximum absolute atomic E-state index is 5.85. The Bertz CT molecular complexity index is 613. The molecule has 0 heterocycles. The Hall–Kier alpha value is -1.000. The molecule has 0 saturated carbocycles. The van der Waals surface area contributed by atoms with E-state index in [1.54, 1.807) is 0 Å². The number of halogens is 2. The normalized spacial score (nSPS) is 12.3. The third kappa shape index (κ3) is 4.48. The highest BCUT2D eigenvalue weighted by Gasteiger charge is 2.12. The van der Waals surface area contributed by atoms with Gasteiger partial charge in [-0.15, -0.1) is 0 Å². The zero-order valence-corrected chi connectivity index (χ0v) is 15.5. The molecular formula is C17H19Br2NO. The molecule has 1 atom stereocenters. The second-order valence-electron chi connectivity index (χ2n) is 5.19. The highest BCUT2D eigenvalue weighted by Crippen LogP contribution is 2.32. The Labute approximate surface area is 143 Å². The molecule has 0 aliphatic rings. The minimum atomic E-state index is 0.155. The maximum atomic E-state index is 5.85. The van der Waals surface area contributed by atoms with Gasteiger partial charge in [-0.2, -0.15) is 0 Å². The molecule has 2 aromatic carbocycles. The summed E-state index contributed by atoms with van der Waals surface area (Å²) in [6, 6.07) is 14.4. The zero-order chi connectivity index (χ0) is 15.4. The quantitative estimate of drug-likeness (QED) is 0.633. The molecule has 2 nitrogen and oxygen atoms in total. The van der Waals surface area contributed by atoms with Crippen LogP contribution in [0.1, 0.15) is 32.4 Å². The summed E-state index contributed by atoms with van der Waals surface area (Å²) in [5.41, 5.74) is 2.21. The molecule has 0 saturated heterocycles. The molecule has 0 aliphatic heterocycles. The van der Waals surface area contributed by atoms with Gasteiger partial charge in [0.15, 0.2) is 0 Å². The lowest BCUT2D eigenvalue weighted by Gasteiger charge is -2.21. The van der Waals surface area contributed by atoms with Crippen molar-refractivity contribution in [1.82, 2.24) is 0 Å². The topological polar surface area (TPSA) is 21.3 Å². The highest BCUT2D eigenvalue weighted by atomic mass is 79.9. The van der Waals surface area contributed by atoms with Crippen LogP contribution in [0.3, 0.4) is 0 Å². The Morgan fingerprint density at radius 1 is 1.00 bits per heavy atom. The molecule has 0 spiro atoms. The predicted octanol–water partition coefficient (Wildman–Crippen LogP) is 6.17. The van der Waals surface area contributed by atoms with Crippen LogP contribution in [-0.4, -0.2) is 6.10 Å². The molecule has 0 radical (unpaired) electrons. The molecule has 4 heteroatoms. The van der Waals surface area contributed by atoms with Gasteiger partial charge in [0.1, 0.15) is 5.75 Å². The molecule has 1 N–H and O–H groups in total. The van der Waals surface area contributed by atoms with E-state index in [-0.39, 0.29) is 12.1 Å². The molecular weight excluding hydrogens is 394 g/mol. The number of benzene rings is 2. The Balaban J connectivity index is 2.21. The average molecular weight is 413 g/mol. The third-order valence-corrected chi connectivity index (χ3v) is 4.23. The molecule has 0 fully saturated rings. The van der Waals surface area contributed by atoms with Crippen LogP contribution in [-0.2, 0) is 0 Å². The van der Waals surface area contributed by atoms with Crippen LogP contribution >= 0.6 is 31.9 Å². The summed E-state index contributed by atoms with van der Waals surface area (Å²) in [6.45, 7) is 6.21. The van der Waals surface area contributed by atoms with Crippen molar-refractivity contribution in [3.8, 4) is 5.75 Å². The monoisotopic (exact) mass is 411 g/mol. The zero-order valence-electron chi connectivity index (χ0n) is 12.4. The molecule has 1 unspecified atom stereocenters. The number of anilines is 1. The lowest BCUT2D eigenvalue weighted by atomic mass is 10.1. The maximum Gasteiger partial charge on any atom is 0.142 e. The second kappa shape index (κ2) is 7.32. The number of ether oxygens (including phenoxy) is 1. The average Bonchev–Trinajstić information content (AvgIpc) is 2.40. The fourth-order valence-corrected chi connectivity index (χ4v) is 3.50. The second-order valence-corrected chi connectivity index (χ2v) is 6.96. The summed E-state index contributed by atoms with van der Waals surface area (Å²) in [5, 5.41) is 3.52. The van der Waals surface area contributed by atoms with Crippen LogP contribution in [0.15, 0.2) is 51.4 Å². The Kier molecular flexibility index (Phi) is 5.71. The van der Waals surface area contributed by atoms with Crippen LogP contribution in [0.2, 0.25) is 0 Å². The van der Waals surface area contributed by atoms with E-state index in [1.807, 2.05) is 38.1 Å². The fraction of sp³-hybridized carbons (Fsp3) is 0.294. The van der Waals surface area contributed by atoms with Crippen molar-refractivity contribution in [2.24, 2.45) is 0 Å². The van der Waals surface area contributed by atoms with Crippen LogP contribution in [0.25, 0.3) is 0 Å². The number of nitrogens with one attached hydrogen (secondary N) is 1. The first kappa shape index (κ1) is 16.4. The summed E-state index contributed by atoms with van der Waals surface area (Å²) in [7, 11) is 0. The summed E-state index contributed by atoms with van der Waals surface area (Å²) in [5.74, 6) is 0.882. The summed E-state index contributed by atoms with van der Waals surface area (Å²) in [6.07, 6.45) is 0.155. The molecule has 0 aromatic heterocycles. The molecule has 0 amide bonds. The number of hydrogen-bond acceptors (Lipinski definition) is 2. The van der Waals surface area contributed by atoms with E-state index in [0.29, 0.717) is 0 Å². The van der Waals surface area contributed by atoms with E-state index >= 15 is 0 Å². The van der Waals surface area contributed by atoms with E-state index < -0.39 is 0 Å². The van der Waals surface area contributed by atoms with Gasteiger partial charge in [0.2, 0.25) is 0 Å². The van der Waals surface area contributed by atoms with Crippen molar-refractivity contribution in [3.05, 3.63) is 57.0 Å². The van der Waals surface area contributed by atoms with Gasteiger partial charge in [0, 0.05) is 15.0 Å². The van der Waals surface area contributed by atoms with Gasteiger partial charge >= 0.3 is 0 Å². The largest absolute Gasteiger partial charge is 0.489 e. The van der Waals surface area contributed by atoms with Crippen molar-refractivity contribution < 1.29 is 4.74 Å². The standard InChI is InChI=1S/C17H19Br2NO/c1-11(2)21-17-7-5-4-6-16(17)20-12(3)14-9-8-13(18)10-15(14)19/h4-12,20H,1-3H3. The molecule has 0 bridgehead atoms. The molecule has 2 rings (SSSR count). The molecule has 2 aromatic rings. The van der Waals surface area contributed by atoms with Crippen molar-refractivity contribution in [1.29, 1.82) is 0 Å². The van der Waals surface area contributed by atoms with Gasteiger partial charge in [-0.25, -0.2) is 0 Å². The first-order valence-corrected chi connectivity index (χ1v) is 8.53. The molecule has 112 valence electrons. The first-order valence-electron chi connectivity index (χ1n) is 6.94.